The Hall–Kier alpha value is -2.06. The van der Waals surface area contributed by atoms with Crippen molar-refractivity contribution < 1.29 is 14.6 Å². The zero-order valence-electron chi connectivity index (χ0n) is 10.7. The molecule has 2 atom stereocenters. The van der Waals surface area contributed by atoms with Crippen molar-refractivity contribution in [1.29, 1.82) is 0 Å². The number of nitro benzene ring substituents is 2. The summed E-state index contributed by atoms with van der Waals surface area (Å²) in [4.78, 5) is 20.3. The Labute approximate surface area is 114 Å². The minimum absolute atomic E-state index is 0.0344. The standard InChI is InChI=1S/C12H15N3O5/c13-10-2-1-3-12(10)20-7-8-4-5-9(14(16)17)6-11(8)15(18)19/h4-6,10,12H,1-3,7,13H2. The first kappa shape index (κ1) is 14.4. The number of ether oxygens (including phenoxy) is 1. The molecule has 0 bridgehead atoms. The fourth-order valence-electron chi connectivity index (χ4n) is 2.32. The fourth-order valence-corrected chi connectivity index (χ4v) is 2.32. The van der Waals surface area contributed by atoms with E-state index in [-0.39, 0.29) is 30.1 Å². The predicted molar refractivity (Wildman–Crippen MR) is 70.2 cm³/mol. The molecule has 1 aliphatic carbocycles. The summed E-state index contributed by atoms with van der Waals surface area (Å²) < 4.78 is 5.59. The maximum Gasteiger partial charge on any atom is 0.281 e. The molecule has 0 heterocycles. The van der Waals surface area contributed by atoms with Crippen LogP contribution in [0.2, 0.25) is 0 Å². The maximum absolute atomic E-state index is 11.0. The van der Waals surface area contributed by atoms with Gasteiger partial charge in [0.1, 0.15) is 0 Å². The van der Waals surface area contributed by atoms with Gasteiger partial charge in [-0.1, -0.05) is 0 Å². The van der Waals surface area contributed by atoms with Gasteiger partial charge in [0.05, 0.1) is 34.2 Å². The second-order valence-electron chi connectivity index (χ2n) is 4.77. The number of hydrogen-bond donors (Lipinski definition) is 1. The van der Waals surface area contributed by atoms with Crippen molar-refractivity contribution in [2.24, 2.45) is 5.73 Å². The van der Waals surface area contributed by atoms with Crippen LogP contribution in [-0.2, 0) is 11.3 Å². The second kappa shape index (κ2) is 5.93. The summed E-state index contributed by atoms with van der Waals surface area (Å²) in [6.07, 6.45) is 2.59. The minimum Gasteiger partial charge on any atom is -0.372 e. The van der Waals surface area contributed by atoms with E-state index >= 15 is 0 Å². The van der Waals surface area contributed by atoms with Crippen molar-refractivity contribution in [3.8, 4) is 0 Å². The van der Waals surface area contributed by atoms with Crippen LogP contribution in [0.15, 0.2) is 18.2 Å². The zero-order chi connectivity index (χ0) is 14.7. The van der Waals surface area contributed by atoms with Gasteiger partial charge in [0.15, 0.2) is 0 Å². The SMILES string of the molecule is NC1CCCC1OCc1ccc([N+](=O)[O-])cc1[N+](=O)[O-]. The molecule has 1 saturated carbocycles. The predicted octanol–water partition coefficient (Wildman–Crippen LogP) is 1.90. The lowest BCUT2D eigenvalue weighted by atomic mass is 10.1. The molecule has 0 aromatic heterocycles. The smallest absolute Gasteiger partial charge is 0.281 e. The second-order valence-corrected chi connectivity index (χ2v) is 4.77. The number of non-ortho nitro benzene ring substituents is 1. The highest BCUT2D eigenvalue weighted by molar-refractivity contribution is 5.48. The van der Waals surface area contributed by atoms with Crippen LogP contribution in [0.25, 0.3) is 0 Å². The summed E-state index contributed by atoms with van der Waals surface area (Å²) in [6, 6.07) is 3.50. The Morgan fingerprint density at radius 2 is 2.00 bits per heavy atom. The summed E-state index contributed by atoms with van der Waals surface area (Å²) >= 11 is 0. The van der Waals surface area contributed by atoms with Gasteiger partial charge in [-0.05, 0) is 25.3 Å². The van der Waals surface area contributed by atoms with Gasteiger partial charge in [-0.2, -0.15) is 0 Å². The lowest BCUT2D eigenvalue weighted by molar-refractivity contribution is -0.394. The molecule has 0 radical (unpaired) electrons. The Morgan fingerprint density at radius 1 is 1.25 bits per heavy atom. The quantitative estimate of drug-likeness (QED) is 0.649. The molecule has 108 valence electrons. The van der Waals surface area contributed by atoms with Crippen LogP contribution in [0.5, 0.6) is 0 Å². The average Bonchev–Trinajstić information content (AvgIpc) is 2.81. The van der Waals surface area contributed by atoms with Crippen molar-refractivity contribution in [3.63, 3.8) is 0 Å². The molecule has 0 saturated heterocycles. The van der Waals surface area contributed by atoms with E-state index in [1.165, 1.54) is 12.1 Å². The number of nitrogens with two attached hydrogens (primary N) is 1. The summed E-state index contributed by atoms with van der Waals surface area (Å²) in [6.45, 7) is 0.0344. The van der Waals surface area contributed by atoms with Gasteiger partial charge < -0.3 is 10.5 Å². The normalized spacial score (nSPS) is 21.9. The Bertz CT molecular complexity index is 534. The number of benzene rings is 1. The number of nitro groups is 2. The van der Waals surface area contributed by atoms with E-state index in [9.17, 15) is 20.2 Å². The van der Waals surface area contributed by atoms with Gasteiger partial charge in [0.2, 0.25) is 0 Å². The highest BCUT2D eigenvalue weighted by atomic mass is 16.6. The molecular formula is C12H15N3O5. The van der Waals surface area contributed by atoms with Crippen LogP contribution in [0.3, 0.4) is 0 Å². The van der Waals surface area contributed by atoms with E-state index in [1.54, 1.807) is 0 Å². The van der Waals surface area contributed by atoms with Gasteiger partial charge >= 0.3 is 0 Å². The van der Waals surface area contributed by atoms with Crippen molar-refractivity contribution in [2.45, 2.75) is 38.0 Å². The van der Waals surface area contributed by atoms with Gasteiger partial charge in [0.25, 0.3) is 11.4 Å². The lowest BCUT2D eigenvalue weighted by Crippen LogP contribution is -2.31. The van der Waals surface area contributed by atoms with Crippen LogP contribution in [0.4, 0.5) is 11.4 Å². The molecule has 0 spiro atoms. The molecular weight excluding hydrogens is 266 g/mol. The van der Waals surface area contributed by atoms with Crippen LogP contribution < -0.4 is 5.73 Å². The number of nitrogens with zero attached hydrogens (tertiary/aromatic N) is 2. The molecule has 8 nitrogen and oxygen atoms in total. The third-order valence-corrected chi connectivity index (χ3v) is 3.43. The molecule has 1 aromatic carbocycles. The summed E-state index contributed by atoms with van der Waals surface area (Å²) in [5.74, 6) is 0. The van der Waals surface area contributed by atoms with E-state index in [4.69, 9.17) is 10.5 Å². The van der Waals surface area contributed by atoms with Crippen LogP contribution >= 0.6 is 0 Å². The van der Waals surface area contributed by atoms with Crippen molar-refractivity contribution >= 4 is 11.4 Å². The molecule has 2 N–H and O–H groups in total. The molecule has 0 amide bonds. The highest BCUT2D eigenvalue weighted by Gasteiger charge is 2.26. The first-order chi connectivity index (χ1) is 9.49. The zero-order valence-corrected chi connectivity index (χ0v) is 10.7. The van der Waals surface area contributed by atoms with Crippen LogP contribution in [0.1, 0.15) is 24.8 Å². The average molecular weight is 281 g/mol. The summed E-state index contributed by atoms with van der Waals surface area (Å²) in [7, 11) is 0. The molecule has 1 fully saturated rings. The molecule has 1 aromatic rings. The van der Waals surface area contributed by atoms with Crippen LogP contribution in [0, 0.1) is 20.2 Å². The van der Waals surface area contributed by atoms with Crippen molar-refractivity contribution in [3.05, 3.63) is 44.0 Å². The van der Waals surface area contributed by atoms with E-state index in [0.717, 1.165) is 25.3 Å². The molecule has 0 aliphatic heterocycles. The number of rotatable bonds is 5. The molecule has 2 unspecified atom stereocenters. The van der Waals surface area contributed by atoms with Gasteiger partial charge in [-0.25, -0.2) is 0 Å². The summed E-state index contributed by atoms with van der Waals surface area (Å²) in [5.41, 5.74) is 5.57. The Kier molecular flexibility index (Phi) is 4.26. The topological polar surface area (TPSA) is 122 Å². The first-order valence-corrected chi connectivity index (χ1v) is 6.28. The van der Waals surface area contributed by atoms with Gasteiger partial charge in [0, 0.05) is 12.1 Å². The third-order valence-electron chi connectivity index (χ3n) is 3.43. The summed E-state index contributed by atoms with van der Waals surface area (Å²) in [5, 5.41) is 21.6. The first-order valence-electron chi connectivity index (χ1n) is 6.28. The molecule has 20 heavy (non-hydrogen) atoms. The van der Waals surface area contributed by atoms with E-state index in [0.29, 0.717) is 5.56 Å². The van der Waals surface area contributed by atoms with E-state index < -0.39 is 9.85 Å². The van der Waals surface area contributed by atoms with E-state index in [2.05, 4.69) is 0 Å². The Balaban J connectivity index is 2.14. The van der Waals surface area contributed by atoms with Gasteiger partial charge in [-0.3, -0.25) is 20.2 Å². The fraction of sp³-hybridized carbons (Fsp3) is 0.500. The largest absolute Gasteiger partial charge is 0.372 e. The Morgan fingerprint density at radius 3 is 2.55 bits per heavy atom. The van der Waals surface area contributed by atoms with Crippen molar-refractivity contribution in [1.82, 2.24) is 0 Å². The molecule has 8 heteroatoms. The lowest BCUT2D eigenvalue weighted by Gasteiger charge is -2.16. The van der Waals surface area contributed by atoms with Gasteiger partial charge in [-0.15, -0.1) is 0 Å². The number of hydrogen-bond acceptors (Lipinski definition) is 6. The highest BCUT2D eigenvalue weighted by Crippen LogP contribution is 2.27. The molecule has 2 rings (SSSR count). The maximum atomic E-state index is 11.0. The molecule has 1 aliphatic rings. The third kappa shape index (κ3) is 3.09. The minimum atomic E-state index is -0.662. The van der Waals surface area contributed by atoms with Crippen LogP contribution in [-0.4, -0.2) is 22.0 Å². The van der Waals surface area contributed by atoms with E-state index in [1.807, 2.05) is 0 Å². The monoisotopic (exact) mass is 281 g/mol. The van der Waals surface area contributed by atoms with Crippen molar-refractivity contribution in [2.75, 3.05) is 0 Å².